The Bertz CT molecular complexity index is 752. The Labute approximate surface area is 148 Å². The minimum atomic E-state index is 0.0584. The summed E-state index contributed by atoms with van der Waals surface area (Å²) in [5.41, 5.74) is 4.05. The maximum atomic E-state index is 12.8. The van der Waals surface area contributed by atoms with Crippen LogP contribution < -0.4 is 0 Å². The van der Waals surface area contributed by atoms with E-state index in [1.165, 1.54) is 5.56 Å². The molecule has 1 aromatic heterocycles. The Balaban J connectivity index is 1.61. The number of benzene rings is 1. The Morgan fingerprint density at radius 1 is 1.00 bits per heavy atom. The van der Waals surface area contributed by atoms with Gasteiger partial charge in [0.2, 0.25) is 5.91 Å². The van der Waals surface area contributed by atoms with Crippen molar-refractivity contribution < 1.29 is 9.59 Å². The van der Waals surface area contributed by atoms with E-state index in [1.807, 2.05) is 60.3 Å². The number of hydrogen-bond donors (Lipinski definition) is 1. The third kappa shape index (κ3) is 4.10. The molecule has 5 heteroatoms. The summed E-state index contributed by atoms with van der Waals surface area (Å²) in [7, 11) is 0. The predicted octanol–water partition coefficient (Wildman–Crippen LogP) is 2.55. The Hall–Kier alpha value is -2.56. The molecule has 5 nitrogen and oxygen atoms in total. The van der Waals surface area contributed by atoms with Crippen molar-refractivity contribution in [2.45, 2.75) is 26.7 Å². The molecule has 2 heterocycles. The first-order chi connectivity index (χ1) is 12.0. The van der Waals surface area contributed by atoms with Crippen molar-refractivity contribution in [3.63, 3.8) is 0 Å². The van der Waals surface area contributed by atoms with E-state index in [2.05, 4.69) is 4.98 Å². The van der Waals surface area contributed by atoms with Crippen LogP contribution in [0.15, 0.2) is 36.7 Å². The highest BCUT2D eigenvalue weighted by Gasteiger charge is 2.23. The van der Waals surface area contributed by atoms with Crippen LogP contribution in [0.3, 0.4) is 0 Å². The Morgan fingerprint density at radius 2 is 1.76 bits per heavy atom. The third-order valence-corrected chi connectivity index (χ3v) is 4.91. The molecule has 0 bridgehead atoms. The minimum absolute atomic E-state index is 0.0584. The first-order valence-corrected chi connectivity index (χ1v) is 8.80. The zero-order valence-corrected chi connectivity index (χ0v) is 14.9. The molecule has 1 aromatic carbocycles. The molecule has 132 valence electrons. The lowest BCUT2D eigenvalue weighted by atomic mass is 10.1. The number of rotatable bonds is 3. The lowest BCUT2D eigenvalue weighted by Crippen LogP contribution is -2.38. The maximum Gasteiger partial charge on any atom is 0.253 e. The summed E-state index contributed by atoms with van der Waals surface area (Å²) >= 11 is 0. The zero-order valence-electron chi connectivity index (χ0n) is 14.9. The van der Waals surface area contributed by atoms with Crippen LogP contribution in [0.25, 0.3) is 0 Å². The van der Waals surface area contributed by atoms with E-state index in [0.29, 0.717) is 32.6 Å². The molecular formula is C20H25N3O2. The third-order valence-electron chi connectivity index (χ3n) is 4.91. The van der Waals surface area contributed by atoms with Gasteiger partial charge in [-0.1, -0.05) is 6.07 Å². The van der Waals surface area contributed by atoms with Crippen LogP contribution in [-0.2, 0) is 11.2 Å². The molecule has 0 saturated carbocycles. The van der Waals surface area contributed by atoms with Crippen LogP contribution in [0.5, 0.6) is 0 Å². The minimum Gasteiger partial charge on any atom is -0.367 e. The van der Waals surface area contributed by atoms with Gasteiger partial charge in [-0.15, -0.1) is 0 Å². The molecule has 1 aliphatic rings. The van der Waals surface area contributed by atoms with E-state index in [-0.39, 0.29) is 11.8 Å². The summed E-state index contributed by atoms with van der Waals surface area (Å²) in [5, 5.41) is 0. The number of H-pyrrole nitrogens is 1. The summed E-state index contributed by atoms with van der Waals surface area (Å²) in [6.07, 6.45) is 4.91. The summed E-state index contributed by atoms with van der Waals surface area (Å²) in [6.45, 7) is 6.66. The summed E-state index contributed by atoms with van der Waals surface area (Å²) in [5.74, 6) is 0.183. The van der Waals surface area contributed by atoms with Crippen LogP contribution >= 0.6 is 0 Å². The van der Waals surface area contributed by atoms with Crippen molar-refractivity contribution in [1.29, 1.82) is 0 Å². The quantitative estimate of drug-likeness (QED) is 0.934. The van der Waals surface area contributed by atoms with E-state index in [1.54, 1.807) is 0 Å². The summed E-state index contributed by atoms with van der Waals surface area (Å²) in [6, 6.07) is 7.76. The first-order valence-electron chi connectivity index (χ1n) is 8.80. The van der Waals surface area contributed by atoms with Crippen LogP contribution in [-0.4, -0.2) is 52.8 Å². The highest BCUT2D eigenvalue weighted by Crippen LogP contribution is 2.14. The normalized spacial score (nSPS) is 15.1. The summed E-state index contributed by atoms with van der Waals surface area (Å²) in [4.78, 5) is 31.9. The second-order valence-corrected chi connectivity index (χ2v) is 6.72. The summed E-state index contributed by atoms with van der Waals surface area (Å²) < 4.78 is 0. The van der Waals surface area contributed by atoms with Crippen LogP contribution in [0.4, 0.5) is 0 Å². The van der Waals surface area contributed by atoms with E-state index in [9.17, 15) is 9.59 Å². The largest absolute Gasteiger partial charge is 0.367 e. The number of aromatic amines is 1. The van der Waals surface area contributed by atoms with Gasteiger partial charge in [-0.25, -0.2) is 0 Å². The molecule has 25 heavy (non-hydrogen) atoms. The number of aryl methyl sites for hydroxylation is 2. The molecule has 0 aliphatic carbocycles. The topological polar surface area (TPSA) is 56.4 Å². The first kappa shape index (κ1) is 17.3. The SMILES string of the molecule is Cc1ccc(C(=O)N2CCCN(C(=O)Cc3cc[nH]c3)CC2)cc1C. The molecule has 0 radical (unpaired) electrons. The lowest BCUT2D eigenvalue weighted by Gasteiger charge is -2.22. The Morgan fingerprint density at radius 3 is 2.48 bits per heavy atom. The molecule has 0 unspecified atom stereocenters. The monoisotopic (exact) mass is 339 g/mol. The number of amides is 2. The van der Waals surface area contributed by atoms with Crippen molar-refractivity contribution in [2.75, 3.05) is 26.2 Å². The second-order valence-electron chi connectivity index (χ2n) is 6.72. The smallest absolute Gasteiger partial charge is 0.253 e. The van der Waals surface area contributed by atoms with E-state index >= 15 is 0 Å². The van der Waals surface area contributed by atoms with Crippen molar-refractivity contribution in [3.8, 4) is 0 Å². The molecule has 1 aliphatic heterocycles. The fourth-order valence-corrected chi connectivity index (χ4v) is 3.18. The van der Waals surface area contributed by atoms with Crippen LogP contribution in [0.2, 0.25) is 0 Å². The van der Waals surface area contributed by atoms with E-state index in [0.717, 1.165) is 23.1 Å². The number of carbonyl (C=O) groups is 2. The van der Waals surface area contributed by atoms with Gasteiger partial charge < -0.3 is 14.8 Å². The molecule has 3 rings (SSSR count). The standard InChI is InChI=1S/C20H25N3O2/c1-15-4-5-18(12-16(15)2)20(25)23-9-3-8-22(10-11-23)19(24)13-17-6-7-21-14-17/h4-7,12,14,21H,3,8-11,13H2,1-2H3. The van der Waals surface area contributed by atoms with Gasteiger partial charge in [-0.2, -0.15) is 0 Å². The number of nitrogens with zero attached hydrogens (tertiary/aromatic N) is 2. The van der Waals surface area contributed by atoms with Crippen LogP contribution in [0, 0.1) is 13.8 Å². The number of aromatic nitrogens is 1. The van der Waals surface area contributed by atoms with Gasteiger partial charge in [-0.3, -0.25) is 9.59 Å². The van der Waals surface area contributed by atoms with Gasteiger partial charge in [0.25, 0.3) is 5.91 Å². The van der Waals surface area contributed by atoms with E-state index < -0.39 is 0 Å². The van der Waals surface area contributed by atoms with Crippen molar-refractivity contribution in [3.05, 3.63) is 58.9 Å². The van der Waals surface area contributed by atoms with E-state index in [4.69, 9.17) is 0 Å². The second kappa shape index (κ2) is 7.55. The average Bonchev–Trinajstić information content (AvgIpc) is 2.98. The molecule has 1 N–H and O–H groups in total. The van der Waals surface area contributed by atoms with Gasteiger partial charge in [0, 0.05) is 44.1 Å². The fourth-order valence-electron chi connectivity index (χ4n) is 3.18. The Kier molecular flexibility index (Phi) is 5.22. The van der Waals surface area contributed by atoms with Crippen molar-refractivity contribution >= 4 is 11.8 Å². The highest BCUT2D eigenvalue weighted by molar-refractivity contribution is 5.94. The van der Waals surface area contributed by atoms with Crippen molar-refractivity contribution in [1.82, 2.24) is 14.8 Å². The van der Waals surface area contributed by atoms with Gasteiger partial charge in [0.15, 0.2) is 0 Å². The van der Waals surface area contributed by atoms with Gasteiger partial charge >= 0.3 is 0 Å². The molecule has 0 atom stereocenters. The molecule has 2 aromatic rings. The fraction of sp³-hybridized carbons (Fsp3) is 0.400. The number of nitrogens with one attached hydrogen (secondary N) is 1. The molecular weight excluding hydrogens is 314 g/mol. The van der Waals surface area contributed by atoms with Gasteiger partial charge in [0.1, 0.15) is 0 Å². The van der Waals surface area contributed by atoms with Gasteiger partial charge in [0.05, 0.1) is 6.42 Å². The molecule has 1 saturated heterocycles. The maximum absolute atomic E-state index is 12.8. The predicted molar refractivity (Wildman–Crippen MR) is 97.5 cm³/mol. The average molecular weight is 339 g/mol. The lowest BCUT2D eigenvalue weighted by molar-refractivity contribution is -0.130. The molecule has 0 spiro atoms. The van der Waals surface area contributed by atoms with Gasteiger partial charge in [-0.05, 0) is 55.2 Å². The highest BCUT2D eigenvalue weighted by atomic mass is 16.2. The number of hydrogen-bond acceptors (Lipinski definition) is 2. The molecule has 1 fully saturated rings. The van der Waals surface area contributed by atoms with Crippen LogP contribution in [0.1, 0.15) is 33.5 Å². The van der Waals surface area contributed by atoms with Crippen molar-refractivity contribution in [2.24, 2.45) is 0 Å². The number of carbonyl (C=O) groups excluding carboxylic acids is 2. The zero-order chi connectivity index (χ0) is 17.8. The molecule has 2 amide bonds.